The lowest BCUT2D eigenvalue weighted by atomic mass is 9.85. The summed E-state index contributed by atoms with van der Waals surface area (Å²) in [5.41, 5.74) is 8.73. The van der Waals surface area contributed by atoms with Crippen LogP contribution in [0.3, 0.4) is 0 Å². The van der Waals surface area contributed by atoms with E-state index >= 15 is 0 Å². The molecule has 89 heavy (non-hydrogen) atoms. The minimum atomic E-state index is -5.79. The molecule has 7 atom stereocenters. The first-order valence-electron chi connectivity index (χ1n) is 29.5. The number of amides is 7. The molecular formula is C64H77F2N8O13PS. The molecular weight excluding hydrogens is 1190 g/mol. The van der Waals surface area contributed by atoms with Crippen LogP contribution < -0.4 is 31.9 Å². The number of ether oxygens (including phenoxy) is 2. The van der Waals surface area contributed by atoms with Crippen LogP contribution >= 0.6 is 18.9 Å². The molecule has 21 nitrogen and oxygen atoms in total. The SMILES string of the molecule is C/C(=C\C(=O)N[C@H]1CCc2cccc3c2N(C1=O)[C@H](C(=O)N[C@@H](CCC(N)=O)[C@@H](C)OCc1ccc(CCCOCC(=O)N[C@H](C(=O)N2C[C@H](O)C[C@H]2C(=O)NCc2ccc(-c4scnc4C)cc2)C(C)(C)C)cc1)C3)c1ccc(C(F)(F)P(=O)(O)O)cc1. The van der Waals surface area contributed by atoms with Crippen LogP contribution in [0.25, 0.3) is 16.0 Å². The normalized spacial score (nSPS) is 18.8. The number of β-amino-alcohol motifs (C(OH)–C–C–N with tert-alkyl or cyclic N) is 1. The molecule has 0 unspecified atom stereocenters. The molecule has 5 aromatic rings. The molecule has 7 amide bonds. The van der Waals surface area contributed by atoms with E-state index in [2.05, 4.69) is 26.3 Å². The van der Waals surface area contributed by atoms with Crippen molar-refractivity contribution in [3.05, 3.63) is 147 Å². The average Bonchev–Trinajstić information content (AvgIpc) is 1.72. The van der Waals surface area contributed by atoms with Crippen molar-refractivity contribution in [2.45, 2.75) is 154 Å². The van der Waals surface area contributed by atoms with Crippen molar-refractivity contribution in [2.24, 2.45) is 11.1 Å². The number of allylic oxidation sites excluding steroid dienone is 1. The maximum Gasteiger partial charge on any atom is 0.399 e. The van der Waals surface area contributed by atoms with Gasteiger partial charge in [-0.15, -0.1) is 11.3 Å². The quantitative estimate of drug-likeness (QED) is 0.0172. The fraction of sp³-hybridized carbons (Fsp3) is 0.438. The molecule has 4 aromatic carbocycles. The number of aliphatic hydroxyl groups excluding tert-OH is 1. The zero-order chi connectivity index (χ0) is 64.5. The van der Waals surface area contributed by atoms with Gasteiger partial charge in [0.25, 0.3) is 0 Å². The number of primary amides is 1. The summed E-state index contributed by atoms with van der Waals surface area (Å²) in [5.74, 6) is -3.67. The van der Waals surface area contributed by atoms with E-state index in [1.54, 1.807) is 23.8 Å². The lowest BCUT2D eigenvalue weighted by molar-refractivity contribution is -0.144. The van der Waals surface area contributed by atoms with E-state index in [9.17, 15) is 52.0 Å². The highest BCUT2D eigenvalue weighted by Gasteiger charge is 2.51. The van der Waals surface area contributed by atoms with Gasteiger partial charge in [-0.25, -0.2) is 4.98 Å². The van der Waals surface area contributed by atoms with Crippen LogP contribution in [0, 0.1) is 12.3 Å². The number of aliphatic hydroxyl groups is 1. The van der Waals surface area contributed by atoms with Gasteiger partial charge >= 0.3 is 13.3 Å². The number of nitrogens with zero attached hydrogens (tertiary/aromatic N) is 3. The van der Waals surface area contributed by atoms with Gasteiger partial charge < -0.3 is 56.3 Å². The summed E-state index contributed by atoms with van der Waals surface area (Å²) in [6.45, 7) is 10.9. The van der Waals surface area contributed by atoms with E-state index < -0.39 is 108 Å². The molecule has 3 aliphatic heterocycles. The van der Waals surface area contributed by atoms with Gasteiger partial charge in [-0.3, -0.25) is 43.0 Å². The van der Waals surface area contributed by atoms with E-state index in [-0.39, 0.29) is 65.0 Å². The standard InChI is InChI=1S/C64H77F2N8O13PS/c1-37(43-20-23-47(24-21-43)64(65,66)88(83,84)85)29-54(77)70-50-25-22-44-10-7-11-46-30-52(74(56(44)46)61(50)81)60(80)71-49(26-27-53(67)76)39(3)87-34-42-14-12-40(13-15-42)9-8-28-86-35-55(78)72-58(63(4,5)6)62(82)73-33-48(75)31-51(73)59(79)68-32-41-16-18-45(19-17-41)57-38(2)69-36-89-57/h7,10-21,23-24,29,36,39,48-52,58,75H,8-9,22,25-28,30-35H2,1-6H3,(H2,67,76)(H,68,79)(H,70,77)(H,71,80)(H,72,78)(H2,83,84,85)/b37-29+/t39-,48-,49+,50+,51+,52+,58-/m1/s1. The fourth-order valence-corrected chi connectivity index (χ4v) is 12.5. The first-order chi connectivity index (χ1) is 42.1. The highest BCUT2D eigenvalue weighted by molar-refractivity contribution is 7.52. The maximum absolute atomic E-state index is 14.5. The smallest absolute Gasteiger partial charge is 0.391 e. The van der Waals surface area contributed by atoms with Gasteiger partial charge in [0.15, 0.2) is 0 Å². The largest absolute Gasteiger partial charge is 0.399 e. The summed E-state index contributed by atoms with van der Waals surface area (Å²) in [4.78, 5) is 122. The fourth-order valence-electron chi connectivity index (χ4n) is 11.2. The molecule has 4 heterocycles. The molecule has 25 heteroatoms. The summed E-state index contributed by atoms with van der Waals surface area (Å²) in [7, 11) is -5.79. The van der Waals surface area contributed by atoms with E-state index in [1.165, 1.54) is 34.9 Å². The van der Waals surface area contributed by atoms with Gasteiger partial charge in [-0.05, 0) is 103 Å². The van der Waals surface area contributed by atoms with Crippen molar-refractivity contribution in [2.75, 3.05) is 24.7 Å². The van der Waals surface area contributed by atoms with Crippen LogP contribution in [0.1, 0.15) is 111 Å². The van der Waals surface area contributed by atoms with Crippen molar-refractivity contribution < 1.29 is 71.3 Å². The van der Waals surface area contributed by atoms with Crippen LogP contribution in [0.4, 0.5) is 14.5 Å². The van der Waals surface area contributed by atoms with Crippen molar-refractivity contribution in [3.8, 4) is 10.4 Å². The molecule has 0 saturated carbocycles. The van der Waals surface area contributed by atoms with E-state index in [1.807, 2.05) is 94.4 Å². The first kappa shape index (κ1) is 67.4. The second kappa shape index (κ2) is 28.9. The average molecular weight is 1270 g/mol. The molecule has 1 aromatic heterocycles. The Balaban J connectivity index is 0.795. The Labute approximate surface area is 519 Å². The number of rotatable bonds is 26. The number of nitrogens with two attached hydrogens (primary N) is 1. The monoisotopic (exact) mass is 1270 g/mol. The second-order valence-corrected chi connectivity index (χ2v) is 26.5. The molecule has 1 fully saturated rings. The molecule has 8 rings (SSSR count). The van der Waals surface area contributed by atoms with Crippen LogP contribution in [0.5, 0.6) is 0 Å². The van der Waals surface area contributed by atoms with Gasteiger partial charge in [-0.2, -0.15) is 8.78 Å². The maximum atomic E-state index is 14.5. The number of para-hydroxylation sites is 1. The third-order valence-electron chi connectivity index (χ3n) is 16.3. The molecule has 1 saturated heterocycles. The molecule has 476 valence electrons. The highest BCUT2D eigenvalue weighted by Crippen LogP contribution is 2.59. The number of anilines is 1. The number of aryl methyl sites for hydroxylation is 3. The summed E-state index contributed by atoms with van der Waals surface area (Å²) in [6, 6.07) is 20.4. The Morgan fingerprint density at radius 3 is 2.24 bits per heavy atom. The first-order valence-corrected chi connectivity index (χ1v) is 32.0. The highest BCUT2D eigenvalue weighted by atomic mass is 32.1. The van der Waals surface area contributed by atoms with Crippen LogP contribution in [0.15, 0.2) is 103 Å². The third kappa shape index (κ3) is 16.8. The Kier molecular flexibility index (Phi) is 21.9. The number of carbonyl (C=O) groups excluding carboxylic acids is 7. The zero-order valence-corrected chi connectivity index (χ0v) is 52.2. The van der Waals surface area contributed by atoms with Gasteiger partial charge in [0, 0.05) is 50.6 Å². The summed E-state index contributed by atoms with van der Waals surface area (Å²) in [6.07, 6.45) is 1.71. The number of hydrogen-bond donors (Lipinski definition) is 8. The Hall–Kier alpha value is -7.57. The number of thiazole rings is 1. The van der Waals surface area contributed by atoms with Crippen LogP contribution in [-0.4, -0.2) is 128 Å². The number of alkyl halides is 2. The van der Waals surface area contributed by atoms with E-state index in [4.69, 9.17) is 25.0 Å². The summed E-state index contributed by atoms with van der Waals surface area (Å²) < 4.78 is 51.9. The van der Waals surface area contributed by atoms with Gasteiger partial charge in [0.05, 0.1) is 46.6 Å². The third-order valence-corrected chi connectivity index (χ3v) is 18.2. The predicted molar refractivity (Wildman–Crippen MR) is 330 cm³/mol. The van der Waals surface area contributed by atoms with E-state index in [0.717, 1.165) is 56.1 Å². The minimum Gasteiger partial charge on any atom is -0.391 e. The minimum absolute atomic E-state index is 0.0555. The van der Waals surface area contributed by atoms with Gasteiger partial charge in [-0.1, -0.05) is 112 Å². The number of likely N-dealkylation sites (tertiary alicyclic amines) is 1. The zero-order valence-electron chi connectivity index (χ0n) is 50.5. The van der Waals surface area contributed by atoms with Crippen molar-refractivity contribution in [3.63, 3.8) is 0 Å². The number of benzene rings is 4. The molecule has 0 spiro atoms. The second-order valence-electron chi connectivity index (χ2n) is 24.0. The topological polar surface area (TPSA) is 309 Å². The Morgan fingerprint density at radius 1 is 0.910 bits per heavy atom. The number of aromatic nitrogens is 1. The van der Waals surface area contributed by atoms with Crippen LogP contribution in [-0.2, 0) is 85.7 Å². The molecule has 3 aliphatic rings. The number of nitrogens with one attached hydrogen (secondary N) is 4. The van der Waals surface area contributed by atoms with Crippen LogP contribution in [0.2, 0.25) is 0 Å². The number of halogens is 2. The lowest BCUT2D eigenvalue weighted by Crippen LogP contribution is -2.58. The Bertz CT molecular complexity index is 3480. The van der Waals surface area contributed by atoms with Gasteiger partial charge in [0.1, 0.15) is 30.8 Å². The summed E-state index contributed by atoms with van der Waals surface area (Å²) in [5, 5.41) is 22.2. The molecule has 0 bridgehead atoms. The van der Waals surface area contributed by atoms with E-state index in [0.29, 0.717) is 36.1 Å². The Morgan fingerprint density at radius 2 is 1.58 bits per heavy atom. The van der Waals surface area contributed by atoms with Crippen molar-refractivity contribution in [1.29, 1.82) is 0 Å². The number of hydrogen-bond acceptors (Lipinski definition) is 13. The van der Waals surface area contributed by atoms with Crippen molar-refractivity contribution >= 4 is 71.5 Å². The van der Waals surface area contributed by atoms with Gasteiger partial charge in [0.2, 0.25) is 41.4 Å². The predicted octanol–water partition coefficient (Wildman–Crippen LogP) is 6.25. The number of carbonyl (C=O) groups is 7. The lowest BCUT2D eigenvalue weighted by Gasteiger charge is -2.35. The van der Waals surface area contributed by atoms with Crippen molar-refractivity contribution in [1.82, 2.24) is 31.2 Å². The molecule has 9 N–H and O–H groups in total. The summed E-state index contributed by atoms with van der Waals surface area (Å²) >= 11 is 1.55. The molecule has 0 aliphatic carbocycles. The molecule has 0 radical (unpaired) electrons.